The number of aryl methyl sites for hydroxylation is 1. The standard InChI is InChI=1S/C12H14N4O2/c1-3-8-6-14-16-11(8)15-12(17)9-4-5-13-7-10(9)18-2/h4-7H,3H2,1-2H3,(H2,14,15,16,17). The van der Waals surface area contributed by atoms with Crippen LogP contribution in [0.5, 0.6) is 5.75 Å². The van der Waals surface area contributed by atoms with Crippen LogP contribution in [-0.2, 0) is 6.42 Å². The van der Waals surface area contributed by atoms with Crippen molar-refractivity contribution in [3.8, 4) is 5.75 Å². The number of anilines is 1. The lowest BCUT2D eigenvalue weighted by atomic mass is 10.2. The lowest BCUT2D eigenvalue weighted by Gasteiger charge is -2.08. The van der Waals surface area contributed by atoms with Gasteiger partial charge < -0.3 is 10.1 Å². The fourth-order valence-corrected chi connectivity index (χ4v) is 1.60. The van der Waals surface area contributed by atoms with E-state index in [0.29, 0.717) is 17.1 Å². The molecular weight excluding hydrogens is 232 g/mol. The zero-order valence-electron chi connectivity index (χ0n) is 10.2. The van der Waals surface area contributed by atoms with E-state index in [0.717, 1.165) is 12.0 Å². The third-order valence-corrected chi connectivity index (χ3v) is 2.59. The van der Waals surface area contributed by atoms with Gasteiger partial charge in [-0.25, -0.2) is 0 Å². The van der Waals surface area contributed by atoms with Gasteiger partial charge in [-0.2, -0.15) is 5.10 Å². The summed E-state index contributed by atoms with van der Waals surface area (Å²) in [5.41, 5.74) is 1.39. The maximum absolute atomic E-state index is 12.1. The van der Waals surface area contributed by atoms with E-state index in [1.165, 1.54) is 13.3 Å². The molecule has 2 rings (SSSR count). The topological polar surface area (TPSA) is 79.9 Å². The van der Waals surface area contributed by atoms with Gasteiger partial charge in [0.1, 0.15) is 11.6 Å². The van der Waals surface area contributed by atoms with Gasteiger partial charge in [-0.3, -0.25) is 14.9 Å². The molecule has 6 heteroatoms. The van der Waals surface area contributed by atoms with Crippen molar-refractivity contribution in [1.82, 2.24) is 15.2 Å². The summed E-state index contributed by atoms with van der Waals surface area (Å²) in [6.45, 7) is 1.99. The zero-order valence-corrected chi connectivity index (χ0v) is 10.2. The highest BCUT2D eigenvalue weighted by Gasteiger charge is 2.14. The Bertz CT molecular complexity index is 551. The number of amides is 1. The minimum Gasteiger partial charge on any atom is -0.494 e. The van der Waals surface area contributed by atoms with Gasteiger partial charge in [-0.05, 0) is 12.5 Å². The van der Waals surface area contributed by atoms with Crippen LogP contribution in [0.1, 0.15) is 22.8 Å². The molecular formula is C12H14N4O2. The van der Waals surface area contributed by atoms with Crippen molar-refractivity contribution in [1.29, 1.82) is 0 Å². The summed E-state index contributed by atoms with van der Waals surface area (Å²) in [5.74, 6) is 0.794. The monoisotopic (exact) mass is 246 g/mol. The number of hydrogen-bond acceptors (Lipinski definition) is 4. The van der Waals surface area contributed by atoms with Crippen LogP contribution in [0.15, 0.2) is 24.7 Å². The van der Waals surface area contributed by atoms with Gasteiger partial charge in [0.25, 0.3) is 5.91 Å². The van der Waals surface area contributed by atoms with Gasteiger partial charge in [0.05, 0.1) is 25.1 Å². The first kappa shape index (κ1) is 12.1. The molecule has 0 saturated carbocycles. The van der Waals surface area contributed by atoms with Crippen LogP contribution in [0.2, 0.25) is 0 Å². The van der Waals surface area contributed by atoms with Crippen molar-refractivity contribution in [3.63, 3.8) is 0 Å². The Labute approximate surface area is 104 Å². The molecule has 0 atom stereocenters. The molecule has 2 aromatic heterocycles. The number of ether oxygens (including phenoxy) is 1. The second-order valence-electron chi connectivity index (χ2n) is 3.65. The van der Waals surface area contributed by atoms with E-state index in [1.54, 1.807) is 18.5 Å². The average Bonchev–Trinajstić information content (AvgIpc) is 2.85. The van der Waals surface area contributed by atoms with Crippen molar-refractivity contribution in [2.75, 3.05) is 12.4 Å². The number of nitrogens with one attached hydrogen (secondary N) is 2. The Kier molecular flexibility index (Phi) is 3.57. The molecule has 0 aliphatic heterocycles. The molecule has 0 unspecified atom stereocenters. The number of nitrogens with zero attached hydrogens (tertiary/aromatic N) is 2. The lowest BCUT2D eigenvalue weighted by molar-refractivity contribution is 0.102. The highest BCUT2D eigenvalue weighted by Crippen LogP contribution is 2.18. The Morgan fingerprint density at radius 3 is 3.06 bits per heavy atom. The maximum Gasteiger partial charge on any atom is 0.260 e. The number of aromatic nitrogens is 3. The third kappa shape index (κ3) is 2.32. The summed E-state index contributed by atoms with van der Waals surface area (Å²) >= 11 is 0. The molecule has 0 aromatic carbocycles. The van der Waals surface area contributed by atoms with Gasteiger partial charge in [0.2, 0.25) is 0 Å². The van der Waals surface area contributed by atoms with E-state index in [9.17, 15) is 4.79 Å². The first-order valence-corrected chi connectivity index (χ1v) is 5.57. The molecule has 2 aromatic rings. The predicted octanol–water partition coefficient (Wildman–Crippen LogP) is 1.63. The number of hydrogen-bond donors (Lipinski definition) is 2. The molecule has 2 heterocycles. The van der Waals surface area contributed by atoms with Crippen LogP contribution in [0, 0.1) is 0 Å². The predicted molar refractivity (Wildman–Crippen MR) is 66.7 cm³/mol. The molecule has 94 valence electrons. The minimum absolute atomic E-state index is 0.256. The molecule has 18 heavy (non-hydrogen) atoms. The van der Waals surface area contributed by atoms with Crippen molar-refractivity contribution >= 4 is 11.7 Å². The van der Waals surface area contributed by atoms with Crippen LogP contribution < -0.4 is 10.1 Å². The van der Waals surface area contributed by atoms with E-state index in [4.69, 9.17) is 4.74 Å². The van der Waals surface area contributed by atoms with Crippen LogP contribution in [0.4, 0.5) is 5.82 Å². The van der Waals surface area contributed by atoms with E-state index in [2.05, 4.69) is 20.5 Å². The number of carbonyl (C=O) groups is 1. The molecule has 0 spiro atoms. The minimum atomic E-state index is -0.256. The lowest BCUT2D eigenvalue weighted by Crippen LogP contribution is -2.14. The first-order valence-electron chi connectivity index (χ1n) is 5.57. The van der Waals surface area contributed by atoms with Gasteiger partial charge in [0, 0.05) is 11.8 Å². The SMILES string of the molecule is CCc1cn[nH]c1NC(=O)c1ccncc1OC. The number of methoxy groups -OCH3 is 1. The summed E-state index contributed by atoms with van der Waals surface area (Å²) in [4.78, 5) is 16.0. The number of carbonyl (C=O) groups excluding carboxylic acids is 1. The molecule has 0 aliphatic rings. The number of rotatable bonds is 4. The molecule has 0 fully saturated rings. The van der Waals surface area contributed by atoms with Crippen molar-refractivity contribution in [2.24, 2.45) is 0 Å². The average molecular weight is 246 g/mol. The Hall–Kier alpha value is -2.37. The van der Waals surface area contributed by atoms with Gasteiger partial charge in [0.15, 0.2) is 0 Å². The number of pyridine rings is 1. The van der Waals surface area contributed by atoms with Crippen LogP contribution in [0.3, 0.4) is 0 Å². The van der Waals surface area contributed by atoms with Crippen molar-refractivity contribution < 1.29 is 9.53 Å². The highest BCUT2D eigenvalue weighted by molar-refractivity contribution is 6.05. The third-order valence-electron chi connectivity index (χ3n) is 2.59. The van der Waals surface area contributed by atoms with Gasteiger partial charge in [-0.1, -0.05) is 6.92 Å². The summed E-state index contributed by atoms with van der Waals surface area (Å²) in [7, 11) is 1.50. The molecule has 1 amide bonds. The number of aromatic amines is 1. The molecule has 0 bridgehead atoms. The van der Waals surface area contributed by atoms with Crippen molar-refractivity contribution in [3.05, 3.63) is 35.8 Å². The van der Waals surface area contributed by atoms with Crippen LogP contribution in [0.25, 0.3) is 0 Å². The van der Waals surface area contributed by atoms with E-state index in [-0.39, 0.29) is 5.91 Å². The largest absolute Gasteiger partial charge is 0.494 e. The Morgan fingerprint density at radius 1 is 1.50 bits per heavy atom. The Balaban J connectivity index is 2.22. The van der Waals surface area contributed by atoms with Crippen LogP contribution >= 0.6 is 0 Å². The van der Waals surface area contributed by atoms with Crippen molar-refractivity contribution in [2.45, 2.75) is 13.3 Å². The summed E-state index contributed by atoms with van der Waals surface area (Å²) in [6.07, 6.45) is 5.53. The normalized spacial score (nSPS) is 10.1. The second-order valence-corrected chi connectivity index (χ2v) is 3.65. The summed E-state index contributed by atoms with van der Waals surface area (Å²) < 4.78 is 5.09. The van der Waals surface area contributed by atoms with E-state index in [1.807, 2.05) is 6.92 Å². The fourth-order valence-electron chi connectivity index (χ4n) is 1.60. The Morgan fingerprint density at radius 2 is 2.33 bits per heavy atom. The van der Waals surface area contributed by atoms with E-state index >= 15 is 0 Å². The van der Waals surface area contributed by atoms with Crippen LogP contribution in [-0.4, -0.2) is 28.2 Å². The number of H-pyrrole nitrogens is 1. The molecule has 0 aliphatic carbocycles. The molecule has 6 nitrogen and oxygen atoms in total. The van der Waals surface area contributed by atoms with E-state index < -0.39 is 0 Å². The quantitative estimate of drug-likeness (QED) is 0.859. The van der Waals surface area contributed by atoms with Gasteiger partial charge >= 0.3 is 0 Å². The smallest absolute Gasteiger partial charge is 0.260 e. The molecule has 0 saturated heterocycles. The zero-order chi connectivity index (χ0) is 13.0. The molecule has 0 radical (unpaired) electrons. The first-order chi connectivity index (χ1) is 8.76. The fraction of sp³-hybridized carbons (Fsp3) is 0.250. The maximum atomic E-state index is 12.1. The molecule has 2 N–H and O–H groups in total. The summed E-state index contributed by atoms with van der Waals surface area (Å²) in [5, 5.41) is 9.42. The second kappa shape index (κ2) is 5.31. The van der Waals surface area contributed by atoms with Gasteiger partial charge in [-0.15, -0.1) is 0 Å². The summed E-state index contributed by atoms with van der Waals surface area (Å²) in [6, 6.07) is 1.61. The highest BCUT2D eigenvalue weighted by atomic mass is 16.5.